The highest BCUT2D eigenvalue weighted by atomic mass is 35.5. The number of rotatable bonds is 6. The van der Waals surface area contributed by atoms with Crippen LogP contribution in [0.5, 0.6) is 0 Å². The first-order valence-electron chi connectivity index (χ1n) is 11.0. The quantitative estimate of drug-likeness (QED) is 0.407. The minimum Gasteiger partial charge on any atom is -0.357 e. The van der Waals surface area contributed by atoms with Crippen LogP contribution in [-0.2, 0) is 19.3 Å². The summed E-state index contributed by atoms with van der Waals surface area (Å²) in [5, 5.41) is 7.29. The Morgan fingerprint density at radius 2 is 1.97 bits per heavy atom. The Labute approximate surface area is 203 Å². The van der Waals surface area contributed by atoms with Gasteiger partial charge in [0.05, 0.1) is 17.1 Å². The highest BCUT2D eigenvalue weighted by Crippen LogP contribution is 2.31. The second-order valence-corrected chi connectivity index (χ2v) is 8.79. The predicted octanol–water partition coefficient (Wildman–Crippen LogP) is 4.41. The molecule has 182 valence electrons. The van der Waals surface area contributed by atoms with Crippen molar-refractivity contribution in [2.75, 3.05) is 18.0 Å². The highest BCUT2D eigenvalue weighted by Gasteiger charge is 2.39. The van der Waals surface area contributed by atoms with E-state index in [1.165, 1.54) is 6.20 Å². The second kappa shape index (κ2) is 9.21. The molecule has 2 N–H and O–H groups in total. The number of anilines is 1. The molecule has 35 heavy (non-hydrogen) atoms. The third-order valence-corrected chi connectivity index (χ3v) is 6.09. The number of nitrogens with one attached hydrogen (secondary N) is 2. The van der Waals surface area contributed by atoms with Gasteiger partial charge in [-0.3, -0.25) is 9.48 Å². The number of aromatic nitrogens is 5. The predicted molar refractivity (Wildman–Crippen MR) is 124 cm³/mol. The zero-order valence-electron chi connectivity index (χ0n) is 18.4. The standard InChI is InChI=1S/C23H21ClF3N7O/c24-16-7-17-15(9-29-21(17)30-11-16)10-31-22(35)18-13-34(32-20(18)23(25,26)27)12-14-3-4-19(28-8-14)33-5-1-2-6-33/h3-4,7-9,11,13H,1-2,5-6,10,12H2,(H,29,30)(H,31,35). The number of hydrogen-bond acceptors (Lipinski definition) is 5. The number of hydrogen-bond donors (Lipinski definition) is 2. The van der Waals surface area contributed by atoms with Gasteiger partial charge in [0.2, 0.25) is 0 Å². The maximum absolute atomic E-state index is 13.7. The molecule has 0 saturated carbocycles. The van der Waals surface area contributed by atoms with Gasteiger partial charge < -0.3 is 15.2 Å². The molecule has 1 fully saturated rings. The molecule has 1 aliphatic rings. The first-order valence-corrected chi connectivity index (χ1v) is 11.4. The number of carbonyl (C=O) groups is 1. The van der Waals surface area contributed by atoms with Crippen LogP contribution in [0.2, 0.25) is 5.02 Å². The number of carbonyl (C=O) groups excluding carboxylic acids is 1. The minimum absolute atomic E-state index is 0.00872. The summed E-state index contributed by atoms with van der Waals surface area (Å²) in [6.45, 7) is 1.93. The molecule has 0 unspecified atom stereocenters. The highest BCUT2D eigenvalue weighted by molar-refractivity contribution is 6.31. The monoisotopic (exact) mass is 503 g/mol. The van der Waals surface area contributed by atoms with Gasteiger partial charge in [0, 0.05) is 49.8 Å². The number of nitrogens with zero attached hydrogens (tertiary/aromatic N) is 5. The van der Waals surface area contributed by atoms with Crippen LogP contribution < -0.4 is 10.2 Å². The summed E-state index contributed by atoms with van der Waals surface area (Å²) in [5.41, 5.74) is 0.106. The van der Waals surface area contributed by atoms with E-state index in [9.17, 15) is 18.0 Å². The molecule has 0 aliphatic carbocycles. The van der Waals surface area contributed by atoms with Gasteiger partial charge in [-0.25, -0.2) is 9.97 Å². The minimum atomic E-state index is -4.78. The van der Waals surface area contributed by atoms with E-state index in [-0.39, 0.29) is 13.1 Å². The molecule has 4 aromatic heterocycles. The molecule has 1 amide bonds. The number of halogens is 4. The average molecular weight is 504 g/mol. The lowest BCUT2D eigenvalue weighted by Gasteiger charge is -2.16. The molecule has 5 heterocycles. The first kappa shape index (κ1) is 23.2. The van der Waals surface area contributed by atoms with Crippen LogP contribution in [0.4, 0.5) is 19.0 Å². The van der Waals surface area contributed by atoms with E-state index in [0.717, 1.165) is 42.6 Å². The summed E-state index contributed by atoms with van der Waals surface area (Å²) in [6, 6.07) is 5.33. The van der Waals surface area contributed by atoms with E-state index in [2.05, 4.69) is 30.3 Å². The Balaban J connectivity index is 1.33. The maximum Gasteiger partial charge on any atom is 0.435 e. The summed E-state index contributed by atoms with van der Waals surface area (Å²) in [7, 11) is 0. The van der Waals surface area contributed by atoms with Gasteiger partial charge in [-0.05, 0) is 36.1 Å². The summed E-state index contributed by atoms with van der Waals surface area (Å²) in [4.78, 5) is 26.4. The van der Waals surface area contributed by atoms with Crippen LogP contribution in [0.1, 0.15) is 40.0 Å². The van der Waals surface area contributed by atoms with Crippen LogP contribution >= 0.6 is 11.6 Å². The number of fused-ring (bicyclic) bond motifs is 1. The number of alkyl halides is 3. The molecule has 0 bridgehead atoms. The Hall–Kier alpha value is -3.60. The molecule has 4 aromatic rings. The zero-order chi connectivity index (χ0) is 24.6. The van der Waals surface area contributed by atoms with E-state index in [4.69, 9.17) is 11.6 Å². The molecule has 12 heteroatoms. The number of H-pyrrole nitrogens is 1. The lowest BCUT2D eigenvalue weighted by atomic mass is 10.2. The molecule has 8 nitrogen and oxygen atoms in total. The lowest BCUT2D eigenvalue weighted by molar-refractivity contribution is -0.141. The Morgan fingerprint density at radius 3 is 2.69 bits per heavy atom. The van der Waals surface area contributed by atoms with Crippen molar-refractivity contribution in [3.63, 3.8) is 0 Å². The van der Waals surface area contributed by atoms with E-state index >= 15 is 0 Å². The first-order chi connectivity index (χ1) is 16.8. The van der Waals surface area contributed by atoms with Crippen molar-refractivity contribution in [1.29, 1.82) is 0 Å². The molecule has 5 rings (SSSR count). The van der Waals surface area contributed by atoms with Crippen molar-refractivity contribution in [1.82, 2.24) is 30.0 Å². The topological polar surface area (TPSA) is 91.7 Å². The maximum atomic E-state index is 13.7. The van der Waals surface area contributed by atoms with Gasteiger partial charge >= 0.3 is 6.18 Å². The van der Waals surface area contributed by atoms with Gasteiger partial charge in [-0.15, -0.1) is 0 Å². The van der Waals surface area contributed by atoms with Crippen molar-refractivity contribution in [2.24, 2.45) is 0 Å². The van der Waals surface area contributed by atoms with E-state index < -0.39 is 23.3 Å². The molecule has 1 aliphatic heterocycles. The molecule has 0 atom stereocenters. The number of aromatic amines is 1. The normalized spacial score (nSPS) is 14.1. The van der Waals surface area contributed by atoms with E-state index in [0.29, 0.717) is 27.2 Å². The largest absolute Gasteiger partial charge is 0.435 e. The SMILES string of the molecule is O=C(NCc1c[nH]c2ncc(Cl)cc12)c1cn(Cc2ccc(N3CCCC3)nc2)nc1C(F)(F)F. The Kier molecular flexibility index (Phi) is 6.10. The molecule has 0 radical (unpaired) electrons. The summed E-state index contributed by atoms with van der Waals surface area (Å²) in [5.74, 6) is -0.0352. The fraction of sp³-hybridized carbons (Fsp3) is 0.304. The van der Waals surface area contributed by atoms with Gasteiger partial charge in [0.15, 0.2) is 5.69 Å². The van der Waals surface area contributed by atoms with Crippen molar-refractivity contribution in [3.8, 4) is 0 Å². The molecule has 0 aromatic carbocycles. The molecule has 0 spiro atoms. The fourth-order valence-corrected chi connectivity index (χ4v) is 4.32. The van der Waals surface area contributed by atoms with Crippen LogP contribution in [0, 0.1) is 0 Å². The Bertz CT molecular complexity index is 1360. The van der Waals surface area contributed by atoms with Crippen molar-refractivity contribution in [2.45, 2.75) is 32.1 Å². The third kappa shape index (κ3) is 4.95. The summed E-state index contributed by atoms with van der Waals surface area (Å²) < 4.78 is 42.1. The van der Waals surface area contributed by atoms with E-state index in [1.54, 1.807) is 18.5 Å². The van der Waals surface area contributed by atoms with Gasteiger partial charge in [0.25, 0.3) is 5.91 Å². The summed E-state index contributed by atoms with van der Waals surface area (Å²) >= 11 is 5.98. The second-order valence-electron chi connectivity index (χ2n) is 8.35. The van der Waals surface area contributed by atoms with Crippen LogP contribution in [0.15, 0.2) is 43.0 Å². The zero-order valence-corrected chi connectivity index (χ0v) is 19.2. The van der Waals surface area contributed by atoms with Crippen molar-refractivity contribution < 1.29 is 18.0 Å². The van der Waals surface area contributed by atoms with Gasteiger partial charge in [-0.2, -0.15) is 18.3 Å². The molecular formula is C23H21ClF3N7O. The average Bonchev–Trinajstić information content (AvgIpc) is 3.58. The summed E-state index contributed by atoms with van der Waals surface area (Å²) in [6.07, 6.45) is 3.29. The molecular weight excluding hydrogens is 483 g/mol. The van der Waals surface area contributed by atoms with Gasteiger partial charge in [0.1, 0.15) is 11.5 Å². The fourth-order valence-electron chi connectivity index (χ4n) is 4.16. The van der Waals surface area contributed by atoms with Crippen LogP contribution in [-0.4, -0.2) is 43.7 Å². The smallest absolute Gasteiger partial charge is 0.357 e. The van der Waals surface area contributed by atoms with E-state index in [1.807, 2.05) is 12.1 Å². The molecule has 1 saturated heterocycles. The van der Waals surface area contributed by atoms with Crippen LogP contribution in [0.25, 0.3) is 11.0 Å². The number of amides is 1. The van der Waals surface area contributed by atoms with Gasteiger partial charge in [-0.1, -0.05) is 17.7 Å². The lowest BCUT2D eigenvalue weighted by Crippen LogP contribution is -2.25. The third-order valence-electron chi connectivity index (χ3n) is 5.88. The van der Waals surface area contributed by atoms with Crippen molar-refractivity contribution >= 4 is 34.4 Å². The number of pyridine rings is 2. The Morgan fingerprint density at radius 1 is 1.17 bits per heavy atom. The van der Waals surface area contributed by atoms with Crippen molar-refractivity contribution in [3.05, 3.63) is 70.4 Å². The van der Waals surface area contributed by atoms with Crippen LogP contribution in [0.3, 0.4) is 0 Å².